The maximum Gasteiger partial charge on any atom is 0.255 e. The molecule has 26 heavy (non-hydrogen) atoms. The molecule has 1 aliphatic rings. The van der Waals surface area contributed by atoms with Crippen LogP contribution in [-0.4, -0.2) is 18.6 Å². The molecule has 0 aliphatic carbocycles. The first-order valence-electron chi connectivity index (χ1n) is 8.94. The number of para-hydroxylation sites is 1. The lowest BCUT2D eigenvalue weighted by Gasteiger charge is -2.41. The summed E-state index contributed by atoms with van der Waals surface area (Å²) in [5, 5.41) is 3.66. The first-order chi connectivity index (χ1) is 12.5. The molecule has 1 heterocycles. The Balaban J connectivity index is 1.93. The lowest BCUT2D eigenvalue weighted by molar-refractivity contribution is 0.0227. The molecule has 0 unspecified atom stereocenters. The van der Waals surface area contributed by atoms with E-state index in [0.717, 1.165) is 30.6 Å². The summed E-state index contributed by atoms with van der Waals surface area (Å²) in [6.07, 6.45) is 2.49. The lowest BCUT2D eigenvalue weighted by Crippen LogP contribution is -2.44. The molecule has 4 nitrogen and oxygen atoms in total. The number of methoxy groups -OCH3 is 1. The van der Waals surface area contributed by atoms with E-state index >= 15 is 0 Å². The van der Waals surface area contributed by atoms with Crippen LogP contribution in [0.5, 0.6) is 11.5 Å². The van der Waals surface area contributed by atoms with Crippen LogP contribution in [0.15, 0.2) is 42.5 Å². The summed E-state index contributed by atoms with van der Waals surface area (Å²) in [4.78, 5) is 13.0. The second-order valence-corrected chi connectivity index (χ2v) is 7.04. The van der Waals surface area contributed by atoms with Gasteiger partial charge in [-0.1, -0.05) is 43.6 Å². The van der Waals surface area contributed by atoms with E-state index in [9.17, 15) is 4.79 Å². The smallest absolute Gasteiger partial charge is 0.255 e. The number of ether oxygens (including phenoxy) is 2. The Morgan fingerprint density at radius 2 is 2.00 bits per heavy atom. The van der Waals surface area contributed by atoms with Crippen LogP contribution >= 0.6 is 11.6 Å². The van der Waals surface area contributed by atoms with Gasteiger partial charge in [-0.25, -0.2) is 0 Å². The van der Waals surface area contributed by atoms with Crippen molar-refractivity contribution in [1.82, 2.24) is 5.32 Å². The van der Waals surface area contributed by atoms with Crippen LogP contribution in [0.4, 0.5) is 0 Å². The van der Waals surface area contributed by atoms with E-state index in [-0.39, 0.29) is 17.6 Å². The number of hydrogen-bond acceptors (Lipinski definition) is 3. The Morgan fingerprint density at radius 1 is 1.27 bits per heavy atom. The molecule has 0 saturated heterocycles. The van der Waals surface area contributed by atoms with Gasteiger partial charge in [0.1, 0.15) is 17.1 Å². The molecule has 0 fully saturated rings. The Morgan fingerprint density at radius 3 is 2.69 bits per heavy atom. The summed E-state index contributed by atoms with van der Waals surface area (Å²) < 4.78 is 11.6. The Labute approximate surface area is 159 Å². The van der Waals surface area contributed by atoms with Crippen molar-refractivity contribution in [2.24, 2.45) is 0 Å². The van der Waals surface area contributed by atoms with Crippen LogP contribution in [0.2, 0.25) is 5.02 Å². The van der Waals surface area contributed by atoms with Crippen molar-refractivity contribution in [3.05, 3.63) is 58.6 Å². The maximum absolute atomic E-state index is 13.0. The molecule has 1 amide bonds. The van der Waals surface area contributed by atoms with Crippen molar-refractivity contribution < 1.29 is 14.3 Å². The van der Waals surface area contributed by atoms with Gasteiger partial charge in [-0.15, -0.1) is 0 Å². The molecule has 0 aromatic heterocycles. The summed E-state index contributed by atoms with van der Waals surface area (Å²) >= 11 is 6.08. The number of rotatable bonds is 5. The predicted molar refractivity (Wildman–Crippen MR) is 103 cm³/mol. The summed E-state index contributed by atoms with van der Waals surface area (Å²) in [6.45, 7) is 4.24. The van der Waals surface area contributed by atoms with Crippen LogP contribution in [0.25, 0.3) is 0 Å². The van der Waals surface area contributed by atoms with Gasteiger partial charge >= 0.3 is 0 Å². The predicted octanol–water partition coefficient (Wildman–Crippen LogP) is 5.16. The van der Waals surface area contributed by atoms with E-state index in [4.69, 9.17) is 21.1 Å². The average molecular weight is 374 g/mol. The van der Waals surface area contributed by atoms with Crippen molar-refractivity contribution >= 4 is 17.5 Å². The molecule has 5 heteroatoms. The molecule has 1 N–H and O–H groups in total. The number of carbonyl (C=O) groups is 1. The molecule has 1 aliphatic heterocycles. The number of fused-ring (bicyclic) bond motifs is 1. The largest absolute Gasteiger partial charge is 0.496 e. The third-order valence-corrected chi connectivity index (χ3v) is 5.43. The highest BCUT2D eigenvalue weighted by atomic mass is 35.5. The van der Waals surface area contributed by atoms with Crippen molar-refractivity contribution in [1.29, 1.82) is 0 Å². The molecule has 3 rings (SSSR count). The fourth-order valence-corrected chi connectivity index (χ4v) is 3.70. The van der Waals surface area contributed by atoms with Crippen LogP contribution in [-0.2, 0) is 0 Å². The molecular formula is C21H24ClNO3. The fraction of sp³-hybridized carbons (Fsp3) is 0.381. The van der Waals surface area contributed by atoms with E-state index in [2.05, 4.69) is 19.2 Å². The summed E-state index contributed by atoms with van der Waals surface area (Å²) in [7, 11) is 1.54. The molecule has 0 saturated carbocycles. The number of carbonyl (C=O) groups excluding carboxylic acids is 1. The van der Waals surface area contributed by atoms with Crippen LogP contribution in [0.3, 0.4) is 0 Å². The van der Waals surface area contributed by atoms with Gasteiger partial charge in [-0.2, -0.15) is 0 Å². The number of benzene rings is 2. The van der Waals surface area contributed by atoms with Crippen molar-refractivity contribution in [2.75, 3.05) is 7.11 Å². The Kier molecular flexibility index (Phi) is 5.42. The van der Waals surface area contributed by atoms with Gasteiger partial charge in [0, 0.05) is 17.0 Å². The van der Waals surface area contributed by atoms with Gasteiger partial charge in [0.05, 0.1) is 18.7 Å². The topological polar surface area (TPSA) is 47.6 Å². The minimum Gasteiger partial charge on any atom is -0.496 e. The van der Waals surface area contributed by atoms with E-state index in [1.165, 1.54) is 0 Å². The molecular weight excluding hydrogens is 350 g/mol. The zero-order valence-electron chi connectivity index (χ0n) is 15.3. The zero-order chi connectivity index (χ0) is 18.7. The van der Waals surface area contributed by atoms with Gasteiger partial charge in [-0.05, 0) is 37.1 Å². The SMILES string of the molecule is CCC1(CC)C[C@@H](NC(=O)c2cc(Cl)ccc2OC)c2ccccc2O1. The van der Waals surface area contributed by atoms with Gasteiger partial charge in [0.25, 0.3) is 5.91 Å². The van der Waals surface area contributed by atoms with E-state index in [1.54, 1.807) is 25.3 Å². The minimum absolute atomic E-state index is 0.129. The van der Waals surface area contributed by atoms with Crippen LogP contribution in [0, 0.1) is 0 Å². The third kappa shape index (κ3) is 3.51. The van der Waals surface area contributed by atoms with Gasteiger partial charge < -0.3 is 14.8 Å². The third-order valence-electron chi connectivity index (χ3n) is 5.20. The summed E-state index contributed by atoms with van der Waals surface area (Å²) in [6, 6.07) is 12.8. The second kappa shape index (κ2) is 7.58. The van der Waals surface area contributed by atoms with Crippen LogP contribution in [0.1, 0.15) is 55.1 Å². The highest BCUT2D eigenvalue weighted by Gasteiger charge is 2.39. The molecule has 1 atom stereocenters. The minimum atomic E-state index is -0.273. The average Bonchev–Trinajstić information content (AvgIpc) is 2.67. The number of halogens is 1. The van der Waals surface area contributed by atoms with Crippen molar-refractivity contribution in [3.8, 4) is 11.5 Å². The highest BCUT2D eigenvalue weighted by Crippen LogP contribution is 2.42. The normalized spacial score (nSPS) is 17.8. The fourth-order valence-electron chi connectivity index (χ4n) is 3.52. The van der Waals surface area contributed by atoms with Crippen molar-refractivity contribution in [2.45, 2.75) is 44.8 Å². The lowest BCUT2D eigenvalue weighted by atomic mass is 9.83. The first kappa shape index (κ1) is 18.6. The molecule has 138 valence electrons. The molecule has 2 aromatic rings. The Hall–Kier alpha value is -2.20. The maximum atomic E-state index is 13.0. The molecule has 2 aromatic carbocycles. The van der Waals surface area contributed by atoms with Crippen molar-refractivity contribution in [3.63, 3.8) is 0 Å². The standard InChI is InChI=1S/C21H24ClNO3/c1-4-21(5-2)13-17(15-8-6-7-9-19(15)26-21)23-20(24)16-12-14(22)10-11-18(16)25-3/h6-12,17H,4-5,13H2,1-3H3,(H,23,24)/t17-/m1/s1. The first-order valence-corrected chi connectivity index (χ1v) is 9.32. The quantitative estimate of drug-likeness (QED) is 0.787. The van der Waals surface area contributed by atoms with Crippen LogP contribution < -0.4 is 14.8 Å². The molecule has 0 radical (unpaired) electrons. The van der Waals surface area contributed by atoms with Gasteiger partial charge in [0.2, 0.25) is 0 Å². The number of amides is 1. The van der Waals surface area contributed by atoms with Gasteiger partial charge in [-0.3, -0.25) is 4.79 Å². The highest BCUT2D eigenvalue weighted by molar-refractivity contribution is 6.31. The summed E-state index contributed by atoms with van der Waals surface area (Å²) in [5.74, 6) is 1.14. The number of nitrogens with one attached hydrogen (secondary N) is 1. The second-order valence-electron chi connectivity index (χ2n) is 6.60. The molecule has 0 spiro atoms. The zero-order valence-corrected chi connectivity index (χ0v) is 16.1. The van der Waals surface area contributed by atoms with E-state index in [0.29, 0.717) is 16.3 Å². The summed E-state index contributed by atoms with van der Waals surface area (Å²) in [5.41, 5.74) is 1.16. The number of hydrogen-bond donors (Lipinski definition) is 1. The Bertz CT molecular complexity index is 802. The van der Waals surface area contributed by atoms with Gasteiger partial charge in [0.15, 0.2) is 0 Å². The van der Waals surface area contributed by atoms with E-state index < -0.39 is 0 Å². The monoisotopic (exact) mass is 373 g/mol. The van der Waals surface area contributed by atoms with E-state index in [1.807, 2.05) is 24.3 Å². The molecule has 0 bridgehead atoms.